The van der Waals surface area contributed by atoms with E-state index in [1.807, 2.05) is 6.07 Å². The van der Waals surface area contributed by atoms with Gasteiger partial charge in [0.25, 0.3) is 0 Å². The maximum atomic E-state index is 13.7. The van der Waals surface area contributed by atoms with Crippen LogP contribution in [0.15, 0.2) is 28.7 Å². The number of hydrogen-bond acceptors (Lipinski definition) is 2. The Morgan fingerprint density at radius 1 is 1.32 bits per heavy atom. The van der Waals surface area contributed by atoms with Gasteiger partial charge in [0, 0.05) is 11.6 Å². The van der Waals surface area contributed by atoms with Crippen LogP contribution in [0.5, 0.6) is 0 Å². The zero-order chi connectivity index (χ0) is 18.8. The fourth-order valence-electron chi connectivity index (χ4n) is 2.48. The molecule has 3 nitrogen and oxygen atoms in total. The molecule has 1 atom stereocenters. The third-order valence-corrected chi connectivity index (χ3v) is 4.71. The zero-order valence-electron chi connectivity index (χ0n) is 12.9. The van der Waals surface area contributed by atoms with Crippen LogP contribution in [0, 0.1) is 11.3 Å². The summed E-state index contributed by atoms with van der Waals surface area (Å²) in [5, 5.41) is 9.87. The number of halogens is 6. The molecule has 1 unspecified atom stereocenters. The molecule has 0 bridgehead atoms. The van der Waals surface area contributed by atoms with Crippen molar-refractivity contribution in [3.63, 3.8) is 0 Å². The van der Waals surface area contributed by atoms with E-state index in [0.29, 0.717) is 10.6 Å². The molecule has 0 aliphatic rings. The Morgan fingerprint density at radius 3 is 2.36 bits per heavy atom. The monoisotopic (exact) mass is 454 g/mol. The van der Waals surface area contributed by atoms with Crippen LogP contribution in [-0.4, -0.2) is 17.1 Å². The molecule has 9 heteroatoms. The Balaban J connectivity index is 2.89. The van der Waals surface area contributed by atoms with Crippen molar-refractivity contribution in [2.24, 2.45) is 0 Å². The van der Waals surface area contributed by atoms with Gasteiger partial charge in [-0.3, -0.25) is 0 Å². The van der Waals surface area contributed by atoms with Crippen molar-refractivity contribution in [2.45, 2.75) is 19.3 Å². The first-order valence-corrected chi connectivity index (χ1v) is 8.81. The number of ether oxygens (including phenoxy) is 1. The summed E-state index contributed by atoms with van der Waals surface area (Å²) in [6.45, 7) is 1.81. The van der Waals surface area contributed by atoms with Gasteiger partial charge in [0.15, 0.2) is 0 Å². The molecular weight excluding hydrogens is 444 g/mol. The second-order valence-corrected chi connectivity index (χ2v) is 6.47. The van der Waals surface area contributed by atoms with Gasteiger partial charge >= 0.3 is 6.18 Å². The van der Waals surface area contributed by atoms with Crippen LogP contribution in [0.2, 0.25) is 5.02 Å². The molecule has 0 radical (unpaired) electrons. The van der Waals surface area contributed by atoms with Gasteiger partial charge in [-0.25, -0.2) is 0 Å². The predicted octanol–water partition coefficient (Wildman–Crippen LogP) is 6.24. The number of alkyl halides is 4. The zero-order valence-corrected chi connectivity index (χ0v) is 16.0. The Labute approximate surface area is 161 Å². The topological polar surface area (TPSA) is 38.0 Å². The van der Waals surface area contributed by atoms with Gasteiger partial charge in [0.2, 0.25) is 0 Å². The van der Waals surface area contributed by atoms with E-state index in [4.69, 9.17) is 27.9 Å². The Morgan fingerprint density at radius 2 is 1.92 bits per heavy atom. The van der Waals surface area contributed by atoms with Crippen molar-refractivity contribution < 1.29 is 17.9 Å². The van der Waals surface area contributed by atoms with Crippen LogP contribution in [0.3, 0.4) is 0 Å². The molecule has 0 saturated carbocycles. The van der Waals surface area contributed by atoms with Gasteiger partial charge in [-0.1, -0.05) is 23.7 Å². The predicted molar refractivity (Wildman–Crippen MR) is 93.7 cm³/mol. The number of nitrogens with zero attached hydrogens (tertiary/aromatic N) is 2. The number of benzene rings is 1. The highest BCUT2D eigenvalue weighted by Crippen LogP contribution is 2.45. The number of nitriles is 1. The SMILES string of the molecule is CCOC(CCl)n1c(-c2ccc(Cl)cc2)c(C#N)c(Br)c1C(F)(F)F. The summed E-state index contributed by atoms with van der Waals surface area (Å²) in [5.74, 6) is -0.219. The first kappa shape index (κ1) is 20.1. The molecule has 0 aliphatic carbocycles. The highest BCUT2D eigenvalue weighted by molar-refractivity contribution is 9.10. The maximum absolute atomic E-state index is 13.7. The van der Waals surface area contributed by atoms with Crippen LogP contribution in [0.1, 0.15) is 24.4 Å². The van der Waals surface area contributed by atoms with Crippen molar-refractivity contribution in [3.8, 4) is 17.3 Å². The quantitative estimate of drug-likeness (QED) is 0.500. The van der Waals surface area contributed by atoms with Gasteiger partial charge < -0.3 is 9.30 Å². The van der Waals surface area contributed by atoms with Crippen molar-refractivity contribution in [1.82, 2.24) is 4.57 Å². The number of rotatable bonds is 5. The molecule has 0 saturated heterocycles. The number of hydrogen-bond donors (Lipinski definition) is 0. The summed E-state index contributed by atoms with van der Waals surface area (Å²) < 4.78 is 47.0. The van der Waals surface area contributed by atoms with Crippen LogP contribution in [0.25, 0.3) is 11.3 Å². The first-order valence-electron chi connectivity index (χ1n) is 7.10. The Kier molecular flexibility index (Phi) is 6.44. The van der Waals surface area contributed by atoms with Gasteiger partial charge in [-0.05, 0) is 40.5 Å². The molecule has 0 aliphatic heterocycles. The fraction of sp³-hybridized carbons (Fsp3) is 0.312. The van der Waals surface area contributed by atoms with Crippen molar-refractivity contribution in [1.29, 1.82) is 5.26 Å². The van der Waals surface area contributed by atoms with Gasteiger partial charge in [0.05, 0.1) is 21.6 Å². The Bertz CT molecular complexity index is 798. The molecular formula is C16H12BrCl2F3N2O. The summed E-state index contributed by atoms with van der Waals surface area (Å²) in [5.41, 5.74) is -0.706. The lowest BCUT2D eigenvalue weighted by molar-refractivity contribution is -0.148. The van der Waals surface area contributed by atoms with Crippen molar-refractivity contribution in [2.75, 3.05) is 12.5 Å². The van der Waals surface area contributed by atoms with Crippen LogP contribution in [-0.2, 0) is 10.9 Å². The first-order chi connectivity index (χ1) is 11.8. The highest BCUT2D eigenvalue weighted by Gasteiger charge is 2.42. The summed E-state index contributed by atoms with van der Waals surface area (Å²) in [6, 6.07) is 7.98. The molecule has 0 amide bonds. The second-order valence-electron chi connectivity index (χ2n) is 4.94. The fourth-order valence-corrected chi connectivity index (χ4v) is 3.53. The van der Waals surface area contributed by atoms with Crippen molar-refractivity contribution in [3.05, 3.63) is 45.0 Å². The molecule has 134 valence electrons. The van der Waals surface area contributed by atoms with Gasteiger partial charge in [-0.2, -0.15) is 18.4 Å². The van der Waals surface area contributed by atoms with E-state index in [-0.39, 0.29) is 28.2 Å². The molecule has 0 N–H and O–H groups in total. The smallest absolute Gasteiger partial charge is 0.357 e. The standard InChI is InChI=1S/C16H12BrCl2F3N2O/c1-2-25-12(7-18)24-14(9-3-5-10(19)6-4-9)11(8-23)13(17)15(24)16(20,21)22/h3-6,12H,2,7H2,1H3. The third-order valence-electron chi connectivity index (χ3n) is 3.42. The molecule has 2 rings (SSSR count). The van der Waals surface area contributed by atoms with Gasteiger partial charge in [-0.15, -0.1) is 11.6 Å². The van der Waals surface area contributed by atoms with Crippen LogP contribution < -0.4 is 0 Å². The highest BCUT2D eigenvalue weighted by atomic mass is 79.9. The molecule has 25 heavy (non-hydrogen) atoms. The molecule has 1 heterocycles. The average molecular weight is 456 g/mol. The second kappa shape index (κ2) is 8.00. The minimum atomic E-state index is -4.71. The summed E-state index contributed by atoms with van der Waals surface area (Å²) in [6.07, 6.45) is -5.80. The van der Waals surface area contributed by atoms with E-state index in [0.717, 1.165) is 4.57 Å². The molecule has 1 aromatic carbocycles. The average Bonchev–Trinajstić information content (AvgIpc) is 2.85. The summed E-state index contributed by atoms with van der Waals surface area (Å²) in [7, 11) is 0. The molecule has 1 aromatic heterocycles. The lowest BCUT2D eigenvalue weighted by atomic mass is 10.1. The van der Waals surface area contributed by atoms with E-state index in [2.05, 4.69) is 15.9 Å². The van der Waals surface area contributed by atoms with Crippen molar-refractivity contribution >= 4 is 39.1 Å². The minimum Gasteiger partial charge on any atom is -0.357 e. The molecule has 2 aromatic rings. The lowest BCUT2D eigenvalue weighted by Gasteiger charge is -2.23. The van der Waals surface area contributed by atoms with E-state index in [1.54, 1.807) is 19.1 Å². The lowest BCUT2D eigenvalue weighted by Crippen LogP contribution is -2.22. The summed E-state index contributed by atoms with van der Waals surface area (Å²) in [4.78, 5) is 0. The molecule has 0 spiro atoms. The van der Waals surface area contributed by atoms with Gasteiger partial charge in [0.1, 0.15) is 18.0 Å². The van der Waals surface area contributed by atoms with E-state index >= 15 is 0 Å². The van der Waals surface area contributed by atoms with Crippen LogP contribution in [0.4, 0.5) is 13.2 Å². The van der Waals surface area contributed by atoms with E-state index in [1.165, 1.54) is 12.1 Å². The minimum absolute atomic E-state index is 0.0671. The Hall–Kier alpha value is -1.20. The molecule has 0 fully saturated rings. The van der Waals surface area contributed by atoms with Crippen LogP contribution >= 0.6 is 39.1 Å². The maximum Gasteiger partial charge on any atom is 0.432 e. The third kappa shape index (κ3) is 3.98. The summed E-state index contributed by atoms with van der Waals surface area (Å²) >= 11 is 14.6. The largest absolute Gasteiger partial charge is 0.432 e. The van der Waals surface area contributed by atoms with E-state index in [9.17, 15) is 18.4 Å². The van der Waals surface area contributed by atoms with E-state index < -0.39 is 18.1 Å². The normalized spacial score (nSPS) is 12.9. The number of aromatic nitrogens is 1.